The lowest BCUT2D eigenvalue weighted by molar-refractivity contribution is -0.145. The maximum absolute atomic E-state index is 13.9. The lowest BCUT2D eigenvalue weighted by atomic mass is 9.64. The highest BCUT2D eigenvalue weighted by Gasteiger charge is 2.59. The zero-order chi connectivity index (χ0) is 29.0. The highest BCUT2D eigenvalue weighted by Crippen LogP contribution is 2.49. The van der Waals surface area contributed by atoms with Crippen LogP contribution in [0.5, 0.6) is 5.75 Å². The maximum atomic E-state index is 13.9. The average molecular weight is 544 g/mol. The molecule has 212 valence electrons. The maximum Gasteiger partial charge on any atom is 0.259 e. The van der Waals surface area contributed by atoms with Crippen molar-refractivity contribution in [2.24, 2.45) is 11.8 Å². The number of hydrogen-bond donors (Lipinski definition) is 6. The topological polar surface area (TPSA) is 171 Å². The number of likely N-dealkylation sites (N-methyl/N-ethyl adjacent to an activating group) is 1. The van der Waals surface area contributed by atoms with Gasteiger partial charge in [-0.25, -0.2) is 0 Å². The van der Waals surface area contributed by atoms with Crippen LogP contribution in [0.1, 0.15) is 49.5 Å². The van der Waals surface area contributed by atoms with E-state index in [2.05, 4.69) is 5.32 Å². The van der Waals surface area contributed by atoms with Crippen molar-refractivity contribution in [1.82, 2.24) is 15.1 Å². The van der Waals surface area contributed by atoms with Crippen molar-refractivity contribution in [1.29, 1.82) is 0 Å². The van der Waals surface area contributed by atoms with Crippen molar-refractivity contribution >= 4 is 17.5 Å². The van der Waals surface area contributed by atoms with Crippen molar-refractivity contribution in [3.05, 3.63) is 52.0 Å². The molecule has 3 aliphatic rings. The lowest BCUT2D eigenvalue weighted by Gasteiger charge is -2.45. The van der Waals surface area contributed by atoms with Gasteiger partial charge < -0.3 is 30.8 Å². The van der Waals surface area contributed by atoms with Crippen LogP contribution in [0.4, 0.5) is 0 Å². The van der Waals surface area contributed by atoms with Gasteiger partial charge in [0.25, 0.3) is 5.91 Å². The first-order valence-electron chi connectivity index (χ1n) is 13.1. The Morgan fingerprint density at radius 2 is 1.74 bits per heavy atom. The molecule has 0 saturated carbocycles. The van der Waals surface area contributed by atoms with E-state index in [4.69, 9.17) is 0 Å². The first-order chi connectivity index (χ1) is 18.2. The molecule has 1 saturated heterocycles. The quantitative estimate of drug-likeness (QED) is 0.180. The number of benzene rings is 1. The summed E-state index contributed by atoms with van der Waals surface area (Å²) in [6.45, 7) is 5.93. The smallest absolute Gasteiger partial charge is 0.259 e. The van der Waals surface area contributed by atoms with Gasteiger partial charge in [-0.3, -0.25) is 24.2 Å². The molecule has 1 heterocycles. The third-order valence-corrected chi connectivity index (χ3v) is 8.64. The molecule has 11 heteroatoms. The first kappa shape index (κ1) is 28.8. The number of carbonyl (C=O) groups excluding carboxylic acids is 3. The van der Waals surface area contributed by atoms with Crippen LogP contribution in [0.2, 0.25) is 0 Å². The fourth-order valence-electron chi connectivity index (χ4n) is 6.14. The van der Waals surface area contributed by atoms with Crippen molar-refractivity contribution in [3.63, 3.8) is 0 Å². The predicted octanol–water partition coefficient (Wildman–Crippen LogP) is 1.11. The summed E-state index contributed by atoms with van der Waals surface area (Å²) >= 11 is 0. The van der Waals surface area contributed by atoms with Gasteiger partial charge >= 0.3 is 0 Å². The molecule has 1 aliphatic heterocycles. The van der Waals surface area contributed by atoms with Gasteiger partial charge in [-0.15, -0.1) is 0 Å². The van der Waals surface area contributed by atoms with Gasteiger partial charge in [0.05, 0.1) is 23.9 Å². The number of aliphatic hydroxyl groups is 4. The molecular weight excluding hydrogens is 506 g/mol. The van der Waals surface area contributed by atoms with Crippen LogP contribution in [0.3, 0.4) is 0 Å². The fourth-order valence-corrected chi connectivity index (χ4v) is 6.14. The van der Waals surface area contributed by atoms with E-state index in [9.17, 15) is 39.9 Å². The number of ketones is 2. The second-order valence-corrected chi connectivity index (χ2v) is 11.2. The van der Waals surface area contributed by atoms with E-state index in [0.29, 0.717) is 0 Å². The van der Waals surface area contributed by atoms with Crippen LogP contribution in [0.25, 0.3) is 0 Å². The summed E-state index contributed by atoms with van der Waals surface area (Å²) in [5.74, 6) is -7.42. The fraction of sp³-hybridized carbons (Fsp3) is 0.536. The Bertz CT molecular complexity index is 1280. The summed E-state index contributed by atoms with van der Waals surface area (Å²) in [7, 11) is 3.15. The van der Waals surface area contributed by atoms with Crippen LogP contribution in [-0.4, -0.2) is 98.3 Å². The van der Waals surface area contributed by atoms with Crippen molar-refractivity contribution in [2.45, 2.75) is 50.9 Å². The summed E-state index contributed by atoms with van der Waals surface area (Å²) in [5, 5.41) is 59.1. The number of rotatable bonds is 5. The number of carbonyl (C=O) groups is 3. The summed E-state index contributed by atoms with van der Waals surface area (Å²) < 4.78 is 0. The molecule has 0 bridgehead atoms. The Hall–Kier alpha value is -3.25. The molecular formula is C28H37N3O8. The number of hydrogen-bond acceptors (Lipinski definition) is 10. The number of likely N-dealkylation sites (tertiary alicyclic amines) is 1. The minimum atomic E-state index is -2.81. The Kier molecular flexibility index (Phi) is 7.41. The Balaban J connectivity index is 1.86. The molecule has 0 unspecified atom stereocenters. The summed E-state index contributed by atoms with van der Waals surface area (Å²) in [6, 6.07) is 3.12. The third kappa shape index (κ3) is 4.33. The number of nitrogens with one attached hydrogen (secondary N) is 1. The van der Waals surface area contributed by atoms with E-state index >= 15 is 0 Å². The van der Waals surface area contributed by atoms with Gasteiger partial charge in [0.1, 0.15) is 22.8 Å². The van der Waals surface area contributed by atoms with E-state index in [0.717, 1.165) is 25.9 Å². The standard InChI is InChI=1S/C28H37N3O8/c1-14-18(22(33)19-16(27(14,3)38)9-8-10-17(19)32)24(35)28(39)15(2)21(30(4)5)23(34)20(25(28)36)26(37)29-13-31-11-6-7-12-31/h8-10,14-15,21,32,34-35,38-39H,6-7,11-13H2,1-5H3,(H,29,37)/b24-18-/t14-,15+,21+,27+,28+/m0/s1. The number of Topliss-reactive ketones (excluding diaryl/α,β-unsaturated/α-hetero) is 2. The van der Waals surface area contributed by atoms with E-state index in [1.807, 2.05) is 4.90 Å². The highest BCUT2D eigenvalue weighted by molar-refractivity contribution is 6.25. The van der Waals surface area contributed by atoms with E-state index < -0.39 is 75.0 Å². The molecule has 4 rings (SSSR count). The minimum absolute atomic E-state index is 0.130. The van der Waals surface area contributed by atoms with Crippen molar-refractivity contribution < 1.29 is 39.9 Å². The average Bonchev–Trinajstić information content (AvgIpc) is 3.38. The number of aromatic hydroxyl groups is 1. The number of fused-ring (bicyclic) bond motifs is 1. The molecule has 0 radical (unpaired) electrons. The van der Waals surface area contributed by atoms with Crippen LogP contribution in [0.15, 0.2) is 40.9 Å². The monoisotopic (exact) mass is 543 g/mol. The number of nitrogens with zero attached hydrogens (tertiary/aromatic N) is 2. The van der Waals surface area contributed by atoms with E-state index in [1.54, 1.807) is 14.1 Å². The molecule has 1 fully saturated rings. The Morgan fingerprint density at radius 3 is 2.33 bits per heavy atom. The van der Waals surface area contributed by atoms with Crippen molar-refractivity contribution in [3.8, 4) is 5.75 Å². The first-order valence-corrected chi connectivity index (χ1v) is 13.1. The summed E-state index contributed by atoms with van der Waals surface area (Å²) in [5.41, 5.74) is -5.88. The molecule has 1 aromatic carbocycles. The molecule has 1 amide bonds. The normalized spacial score (nSPS) is 33.0. The number of aliphatic hydroxyl groups excluding tert-OH is 2. The second kappa shape index (κ2) is 10.1. The SMILES string of the molecule is C[C@@H]1[C@@H](N(C)C)C(O)=C(C(=O)NCN2CCCC2)C(=O)[C@]1(O)/C(O)=C1/C(=O)c2c(O)cccc2[C@](C)(O)[C@H]1C. The molecule has 11 nitrogen and oxygen atoms in total. The molecule has 2 aliphatic carbocycles. The van der Waals surface area contributed by atoms with Gasteiger partial charge in [0.2, 0.25) is 5.78 Å². The third-order valence-electron chi connectivity index (χ3n) is 8.64. The molecule has 6 N–H and O–H groups in total. The number of phenols is 1. The molecule has 5 atom stereocenters. The summed E-state index contributed by atoms with van der Waals surface area (Å²) in [6.07, 6.45) is 1.94. The van der Waals surface area contributed by atoms with E-state index in [-0.39, 0.29) is 17.8 Å². The van der Waals surface area contributed by atoms with E-state index in [1.165, 1.54) is 43.9 Å². The zero-order valence-electron chi connectivity index (χ0n) is 22.9. The highest BCUT2D eigenvalue weighted by atomic mass is 16.3. The Labute approximate surface area is 227 Å². The van der Waals surface area contributed by atoms with Gasteiger partial charge in [0.15, 0.2) is 11.4 Å². The van der Waals surface area contributed by atoms with Crippen LogP contribution in [-0.2, 0) is 15.2 Å². The van der Waals surface area contributed by atoms with Gasteiger partial charge in [0, 0.05) is 17.4 Å². The van der Waals surface area contributed by atoms with Crippen LogP contribution >= 0.6 is 0 Å². The van der Waals surface area contributed by atoms with Crippen molar-refractivity contribution in [2.75, 3.05) is 33.9 Å². The molecule has 39 heavy (non-hydrogen) atoms. The largest absolute Gasteiger partial charge is 0.510 e. The second-order valence-electron chi connectivity index (χ2n) is 11.2. The summed E-state index contributed by atoms with van der Waals surface area (Å²) in [4.78, 5) is 44.2. The van der Waals surface area contributed by atoms with Crippen LogP contribution < -0.4 is 5.32 Å². The Morgan fingerprint density at radius 1 is 1.13 bits per heavy atom. The number of phenolic OH excluding ortho intramolecular Hbond substituents is 1. The van der Waals surface area contributed by atoms with Crippen LogP contribution in [0, 0.1) is 11.8 Å². The van der Waals surface area contributed by atoms with Gasteiger partial charge in [-0.1, -0.05) is 26.0 Å². The zero-order valence-corrected chi connectivity index (χ0v) is 22.9. The predicted molar refractivity (Wildman–Crippen MR) is 141 cm³/mol. The lowest BCUT2D eigenvalue weighted by Crippen LogP contribution is -2.61. The van der Waals surface area contributed by atoms with Gasteiger partial charge in [-0.2, -0.15) is 0 Å². The minimum Gasteiger partial charge on any atom is -0.510 e. The van der Waals surface area contributed by atoms with Gasteiger partial charge in [-0.05, 0) is 58.6 Å². The molecule has 0 spiro atoms. The molecule has 1 aromatic rings. The molecule has 0 aromatic heterocycles. The number of amides is 1.